The van der Waals surface area contributed by atoms with Crippen LogP contribution in [0, 0.1) is 0 Å². The zero-order valence-electron chi connectivity index (χ0n) is 17.3. The first-order valence-corrected chi connectivity index (χ1v) is 10.0. The molecule has 9 heteroatoms. The molecule has 1 N–H and O–H groups in total. The van der Waals surface area contributed by atoms with E-state index >= 15 is 0 Å². The molecule has 0 unspecified atom stereocenters. The quantitative estimate of drug-likeness (QED) is 0.453. The highest BCUT2D eigenvalue weighted by molar-refractivity contribution is 6.34. The van der Waals surface area contributed by atoms with Gasteiger partial charge in [-0.05, 0) is 6.07 Å². The van der Waals surface area contributed by atoms with Crippen molar-refractivity contribution in [1.82, 2.24) is 14.8 Å². The molecular formula is C22H21ClN4O4. The van der Waals surface area contributed by atoms with Crippen molar-refractivity contribution in [3.05, 3.63) is 53.5 Å². The smallest absolute Gasteiger partial charge is 0.249 e. The highest BCUT2D eigenvalue weighted by Gasteiger charge is 2.18. The number of hydrogen-bond acceptors (Lipinski definition) is 6. The normalized spacial score (nSPS) is 11.0. The number of aromatic nitrogens is 3. The van der Waals surface area contributed by atoms with Crippen LogP contribution in [0.1, 0.15) is 12.8 Å². The van der Waals surface area contributed by atoms with Gasteiger partial charge in [-0.1, -0.05) is 36.7 Å². The van der Waals surface area contributed by atoms with Gasteiger partial charge in [-0.3, -0.25) is 4.79 Å². The molecule has 1 amide bonds. The van der Waals surface area contributed by atoms with Gasteiger partial charge in [-0.15, -0.1) is 10.2 Å². The Kier molecular flexibility index (Phi) is 5.81. The zero-order chi connectivity index (χ0) is 22.0. The number of fused-ring (bicyclic) bond motifs is 1. The van der Waals surface area contributed by atoms with Crippen LogP contribution in [0.4, 0.5) is 5.69 Å². The van der Waals surface area contributed by atoms with E-state index in [1.54, 1.807) is 12.1 Å². The van der Waals surface area contributed by atoms with Gasteiger partial charge in [0.25, 0.3) is 0 Å². The number of rotatable bonds is 7. The summed E-state index contributed by atoms with van der Waals surface area (Å²) in [5.74, 6) is 1.66. The number of carbonyl (C=O) groups excluding carboxylic acids is 1. The first kappa shape index (κ1) is 20.7. The van der Waals surface area contributed by atoms with Crippen molar-refractivity contribution < 1.29 is 18.7 Å². The van der Waals surface area contributed by atoms with Crippen LogP contribution in [0.2, 0.25) is 5.02 Å². The van der Waals surface area contributed by atoms with Gasteiger partial charge < -0.3 is 23.8 Å². The molecule has 0 aliphatic carbocycles. The second-order valence-corrected chi connectivity index (χ2v) is 7.18. The first-order valence-electron chi connectivity index (χ1n) is 9.66. The van der Waals surface area contributed by atoms with E-state index in [4.69, 9.17) is 25.5 Å². The molecule has 2 aromatic heterocycles. The van der Waals surface area contributed by atoms with Crippen LogP contribution in [0.15, 0.2) is 47.0 Å². The second kappa shape index (κ2) is 8.69. The molecule has 0 bridgehead atoms. The van der Waals surface area contributed by atoms with Crippen LogP contribution in [-0.4, -0.2) is 34.9 Å². The van der Waals surface area contributed by atoms with Gasteiger partial charge in [-0.2, -0.15) is 0 Å². The Labute approximate surface area is 183 Å². The van der Waals surface area contributed by atoms with Crippen LogP contribution >= 0.6 is 11.6 Å². The van der Waals surface area contributed by atoms with Crippen molar-refractivity contribution in [2.45, 2.75) is 19.9 Å². The van der Waals surface area contributed by atoms with E-state index in [0.29, 0.717) is 40.4 Å². The fourth-order valence-electron chi connectivity index (χ4n) is 3.34. The van der Waals surface area contributed by atoms with Crippen LogP contribution in [0.5, 0.6) is 11.5 Å². The van der Waals surface area contributed by atoms with Gasteiger partial charge >= 0.3 is 0 Å². The predicted octanol–water partition coefficient (Wildman–Crippen LogP) is 4.56. The summed E-state index contributed by atoms with van der Waals surface area (Å²) < 4.78 is 18.1. The molecule has 0 spiro atoms. The lowest BCUT2D eigenvalue weighted by Gasteiger charge is -2.14. The minimum absolute atomic E-state index is 0.0563. The van der Waals surface area contributed by atoms with Gasteiger partial charge in [0, 0.05) is 35.7 Å². The number of anilines is 1. The lowest BCUT2D eigenvalue weighted by atomic mass is 10.2. The van der Waals surface area contributed by atoms with Crippen LogP contribution in [-0.2, 0) is 17.8 Å². The van der Waals surface area contributed by atoms with E-state index in [2.05, 4.69) is 15.5 Å². The Morgan fingerprint density at radius 3 is 2.71 bits per heavy atom. The maximum absolute atomic E-state index is 12.9. The van der Waals surface area contributed by atoms with Crippen molar-refractivity contribution in [3.63, 3.8) is 0 Å². The summed E-state index contributed by atoms with van der Waals surface area (Å²) in [5, 5.41) is 12.3. The van der Waals surface area contributed by atoms with E-state index < -0.39 is 0 Å². The lowest BCUT2D eigenvalue weighted by Crippen LogP contribution is -2.19. The van der Waals surface area contributed by atoms with Gasteiger partial charge in [0.15, 0.2) is 0 Å². The molecule has 0 aliphatic rings. The number of ether oxygens (including phenoxy) is 2. The Hall–Kier alpha value is -3.52. The summed E-state index contributed by atoms with van der Waals surface area (Å²) in [6.07, 6.45) is 2.49. The average Bonchev–Trinajstić information content (AvgIpc) is 3.40. The number of aryl methyl sites for hydroxylation is 1. The second-order valence-electron chi connectivity index (χ2n) is 6.78. The third-order valence-corrected chi connectivity index (χ3v) is 5.15. The highest BCUT2D eigenvalue weighted by Crippen LogP contribution is 2.37. The number of methoxy groups -OCH3 is 2. The maximum Gasteiger partial charge on any atom is 0.249 e. The minimum atomic E-state index is -0.266. The monoisotopic (exact) mass is 440 g/mol. The number of amides is 1. The summed E-state index contributed by atoms with van der Waals surface area (Å²) in [4.78, 5) is 12.9. The Bertz CT molecular complexity index is 1250. The summed E-state index contributed by atoms with van der Waals surface area (Å²) in [7, 11) is 3.03. The molecule has 160 valence electrons. The minimum Gasteiger partial charge on any atom is -0.497 e. The average molecular weight is 441 g/mol. The number of benzene rings is 2. The molecule has 4 rings (SSSR count). The zero-order valence-corrected chi connectivity index (χ0v) is 18.1. The lowest BCUT2D eigenvalue weighted by molar-refractivity contribution is -0.116. The third-order valence-electron chi connectivity index (χ3n) is 4.85. The fraction of sp³-hybridized carbons (Fsp3) is 0.227. The molecule has 4 aromatic rings. The summed E-state index contributed by atoms with van der Waals surface area (Å²) in [5.41, 5.74) is 2.03. The Morgan fingerprint density at radius 2 is 2.00 bits per heavy atom. The molecular weight excluding hydrogens is 420 g/mol. The third kappa shape index (κ3) is 4.06. The molecule has 2 heterocycles. The van der Waals surface area contributed by atoms with Crippen molar-refractivity contribution in [2.24, 2.45) is 0 Å². The highest BCUT2D eigenvalue weighted by atomic mass is 35.5. The van der Waals surface area contributed by atoms with Crippen LogP contribution in [0.25, 0.3) is 22.4 Å². The molecule has 0 radical (unpaired) electrons. The van der Waals surface area contributed by atoms with E-state index in [1.165, 1.54) is 14.2 Å². The first-order chi connectivity index (χ1) is 15.0. The van der Waals surface area contributed by atoms with Crippen molar-refractivity contribution in [3.8, 4) is 23.0 Å². The van der Waals surface area contributed by atoms with E-state index in [-0.39, 0.29) is 12.5 Å². The van der Waals surface area contributed by atoms with E-state index in [9.17, 15) is 4.79 Å². The van der Waals surface area contributed by atoms with Gasteiger partial charge in [-0.25, -0.2) is 0 Å². The standard InChI is InChI=1S/C22H21ClN4O4/c1-4-20-25-26-22(31-20)15-11-27(17-8-6-5-7-14(15)17)12-19(28)24-21-16(23)9-13(29-2)10-18(21)30-3/h5-11H,4,12H2,1-3H3,(H,24,28). The van der Waals surface area contributed by atoms with E-state index in [1.807, 2.05) is 42.0 Å². The summed E-state index contributed by atoms with van der Waals surface area (Å²) in [6.45, 7) is 2.00. The van der Waals surface area contributed by atoms with Gasteiger partial charge in [0.1, 0.15) is 23.7 Å². The van der Waals surface area contributed by atoms with Gasteiger partial charge in [0.05, 0.1) is 24.8 Å². The predicted molar refractivity (Wildman–Crippen MR) is 118 cm³/mol. The van der Waals surface area contributed by atoms with Crippen molar-refractivity contribution in [2.75, 3.05) is 19.5 Å². The molecule has 0 fully saturated rings. The van der Waals surface area contributed by atoms with Crippen LogP contribution in [0.3, 0.4) is 0 Å². The maximum atomic E-state index is 12.9. The molecule has 0 saturated heterocycles. The summed E-state index contributed by atoms with van der Waals surface area (Å²) >= 11 is 6.33. The number of nitrogens with zero attached hydrogens (tertiary/aromatic N) is 3. The molecule has 31 heavy (non-hydrogen) atoms. The van der Waals surface area contributed by atoms with Gasteiger partial charge in [0.2, 0.25) is 17.7 Å². The number of halogens is 1. The topological polar surface area (TPSA) is 91.4 Å². The Balaban J connectivity index is 1.64. The number of hydrogen-bond donors (Lipinski definition) is 1. The van der Waals surface area contributed by atoms with Crippen LogP contribution < -0.4 is 14.8 Å². The Morgan fingerprint density at radius 1 is 1.19 bits per heavy atom. The number of para-hydroxylation sites is 1. The number of nitrogens with one attached hydrogen (secondary N) is 1. The summed E-state index contributed by atoms with van der Waals surface area (Å²) in [6, 6.07) is 11.0. The van der Waals surface area contributed by atoms with Crippen molar-refractivity contribution >= 4 is 34.1 Å². The molecule has 2 aromatic carbocycles. The fourth-order valence-corrected chi connectivity index (χ4v) is 3.59. The number of carbonyl (C=O) groups is 1. The molecule has 0 aliphatic heterocycles. The SMILES string of the molecule is CCc1nnc(-c2cn(CC(=O)Nc3c(Cl)cc(OC)cc3OC)c3ccccc23)o1. The molecule has 8 nitrogen and oxygen atoms in total. The molecule has 0 saturated carbocycles. The van der Waals surface area contributed by atoms with E-state index in [0.717, 1.165) is 16.5 Å². The largest absolute Gasteiger partial charge is 0.497 e. The van der Waals surface area contributed by atoms with Crippen molar-refractivity contribution in [1.29, 1.82) is 0 Å². The molecule has 0 atom stereocenters.